The van der Waals surface area contributed by atoms with E-state index in [-0.39, 0.29) is 11.8 Å². The Kier molecular flexibility index (Phi) is 4.27. The monoisotopic (exact) mass is 303 g/mol. The van der Waals surface area contributed by atoms with Crippen molar-refractivity contribution in [1.29, 1.82) is 0 Å². The molecular formula is C10H13NO2P4. The lowest BCUT2D eigenvalue weighted by Crippen LogP contribution is -2.41. The lowest BCUT2D eigenvalue weighted by Gasteiger charge is -2.26. The highest BCUT2D eigenvalue weighted by atomic mass is 32.6. The first-order valence-electron chi connectivity index (χ1n) is 5.00. The molecule has 17 heavy (non-hydrogen) atoms. The third kappa shape index (κ3) is 2.45. The normalized spacial score (nSPS) is 17.7. The topological polar surface area (TPSA) is 37.4 Å². The minimum Gasteiger partial charge on any atom is -0.281 e. The van der Waals surface area contributed by atoms with Gasteiger partial charge in [-0.2, -0.15) is 0 Å². The van der Waals surface area contributed by atoms with Gasteiger partial charge in [0.1, 0.15) is 0 Å². The number of fused-ring (bicyclic) bond motifs is 1. The first-order valence-corrected chi connectivity index (χ1v) is 11.6. The van der Waals surface area contributed by atoms with Gasteiger partial charge in [0.25, 0.3) is 5.91 Å². The Morgan fingerprint density at radius 3 is 2.76 bits per heavy atom. The molecule has 2 amide bonds. The number of carbonyl (C=O) groups excluding carboxylic acids is 2. The second kappa shape index (κ2) is 5.38. The van der Waals surface area contributed by atoms with Crippen molar-refractivity contribution < 1.29 is 9.59 Å². The zero-order valence-electron chi connectivity index (χ0n) is 9.30. The minimum atomic E-state index is -0.399. The predicted molar refractivity (Wildman–Crippen MR) is 81.5 cm³/mol. The molecule has 1 heterocycles. The van der Waals surface area contributed by atoms with Crippen LogP contribution in [-0.2, 0) is 11.2 Å². The number of hydrogen-bond acceptors (Lipinski definition) is 2. The molecule has 0 radical (unpaired) electrons. The van der Waals surface area contributed by atoms with Crippen molar-refractivity contribution in [2.45, 2.75) is 6.42 Å². The molecule has 90 valence electrons. The number of imide groups is 1. The van der Waals surface area contributed by atoms with Crippen LogP contribution in [-0.4, -0.2) is 23.8 Å². The molecule has 1 aromatic carbocycles. The molecule has 0 bridgehead atoms. The van der Waals surface area contributed by atoms with Crippen LogP contribution in [0.4, 0.5) is 0 Å². The van der Waals surface area contributed by atoms with Gasteiger partial charge in [-0.25, -0.2) is 0 Å². The summed E-state index contributed by atoms with van der Waals surface area (Å²) in [6, 6.07) is 5.81. The molecule has 4 unspecified atom stereocenters. The predicted octanol–water partition coefficient (Wildman–Crippen LogP) is 2.12. The number of benzene rings is 1. The van der Waals surface area contributed by atoms with Crippen LogP contribution in [0, 0.1) is 0 Å². The molecule has 0 saturated heterocycles. The minimum absolute atomic E-state index is 0.124. The number of rotatable bonds is 2. The number of nitrogens with zero attached hydrogens (tertiary/aromatic N) is 1. The van der Waals surface area contributed by atoms with E-state index in [1.807, 2.05) is 18.2 Å². The van der Waals surface area contributed by atoms with Gasteiger partial charge in [-0.15, -0.1) is 17.9 Å². The summed E-state index contributed by atoms with van der Waals surface area (Å²) in [6.07, 6.45) is 0.333. The summed E-state index contributed by atoms with van der Waals surface area (Å²) < 4.78 is 0. The number of amides is 2. The van der Waals surface area contributed by atoms with Crippen LogP contribution < -0.4 is 5.30 Å². The summed E-state index contributed by atoms with van der Waals surface area (Å²) in [4.78, 5) is 25.0. The highest BCUT2D eigenvalue weighted by Gasteiger charge is 2.30. The highest BCUT2D eigenvalue weighted by Crippen LogP contribution is 2.65. The van der Waals surface area contributed by atoms with E-state index in [9.17, 15) is 9.59 Å². The van der Waals surface area contributed by atoms with E-state index in [0.717, 1.165) is 16.4 Å². The Hall–Kier alpha value is 0.0800. The molecule has 0 aliphatic carbocycles. The Morgan fingerprint density at radius 1 is 1.41 bits per heavy atom. The molecule has 1 aromatic rings. The lowest BCUT2D eigenvalue weighted by atomic mass is 9.99. The van der Waals surface area contributed by atoms with E-state index in [4.69, 9.17) is 0 Å². The van der Waals surface area contributed by atoms with Crippen LogP contribution >= 0.6 is 33.1 Å². The first-order chi connectivity index (χ1) is 8.06. The summed E-state index contributed by atoms with van der Waals surface area (Å²) in [6.45, 7) is 0. The van der Waals surface area contributed by atoms with Gasteiger partial charge in [-0.05, 0) is 18.2 Å². The molecule has 7 heteroatoms. The Labute approximate surface area is 108 Å². The van der Waals surface area contributed by atoms with Crippen LogP contribution in [0.3, 0.4) is 0 Å². The van der Waals surface area contributed by atoms with Crippen molar-refractivity contribution in [2.24, 2.45) is 0 Å². The van der Waals surface area contributed by atoms with Crippen molar-refractivity contribution in [3.05, 3.63) is 29.3 Å². The summed E-state index contributed by atoms with van der Waals surface area (Å²) >= 11 is 0. The maximum atomic E-state index is 12.2. The highest BCUT2D eigenvalue weighted by molar-refractivity contribution is 8.63. The summed E-state index contributed by atoms with van der Waals surface area (Å²) in [5, 5.41) is 1.08. The summed E-state index contributed by atoms with van der Waals surface area (Å²) in [5.41, 5.74) is 1.61. The zero-order chi connectivity index (χ0) is 12.6. The van der Waals surface area contributed by atoms with E-state index in [0.29, 0.717) is 14.4 Å². The van der Waals surface area contributed by atoms with Crippen molar-refractivity contribution in [2.75, 3.05) is 7.05 Å². The van der Waals surface area contributed by atoms with Gasteiger partial charge in [0.15, 0.2) is 0 Å². The molecule has 0 N–H and O–H groups in total. The smallest absolute Gasteiger partial charge is 0.261 e. The molecular weight excluding hydrogens is 290 g/mol. The van der Waals surface area contributed by atoms with Gasteiger partial charge in [-0.3, -0.25) is 14.5 Å². The standard InChI is InChI=1S/C10H13NO2P4/c1-11-8(12)5-6-3-2-4-7(17(15)16-14)9(6)10(11)13/h2-4,16H,5,14-15H2,1H3. The number of carbonyl (C=O) groups is 2. The van der Waals surface area contributed by atoms with Crippen LogP contribution in [0.5, 0.6) is 0 Å². The zero-order valence-corrected chi connectivity index (χ0v) is 13.5. The second-order valence-electron chi connectivity index (χ2n) is 3.75. The molecule has 2 rings (SSSR count). The quantitative estimate of drug-likeness (QED) is 0.620. The maximum Gasteiger partial charge on any atom is 0.261 e. The Balaban J connectivity index is 2.57. The summed E-state index contributed by atoms with van der Waals surface area (Å²) in [5.74, 6) is -0.286. The van der Waals surface area contributed by atoms with Gasteiger partial charge in [0.2, 0.25) is 5.91 Å². The van der Waals surface area contributed by atoms with Gasteiger partial charge in [0, 0.05) is 7.05 Å². The van der Waals surface area contributed by atoms with Crippen molar-refractivity contribution in [1.82, 2.24) is 4.90 Å². The summed E-state index contributed by atoms with van der Waals surface area (Å²) in [7, 11) is 7.40. The molecule has 0 saturated carbocycles. The van der Waals surface area contributed by atoms with Crippen LogP contribution in [0.2, 0.25) is 0 Å². The van der Waals surface area contributed by atoms with E-state index < -0.39 is 7.30 Å². The molecule has 4 atom stereocenters. The molecule has 1 aliphatic heterocycles. The molecule has 0 fully saturated rings. The first kappa shape index (κ1) is 13.5. The van der Waals surface area contributed by atoms with E-state index in [2.05, 4.69) is 17.9 Å². The van der Waals surface area contributed by atoms with Crippen molar-refractivity contribution in [3.63, 3.8) is 0 Å². The molecule has 3 nitrogen and oxygen atoms in total. The van der Waals surface area contributed by atoms with Gasteiger partial charge in [-0.1, -0.05) is 26.2 Å². The van der Waals surface area contributed by atoms with Crippen LogP contribution in [0.1, 0.15) is 15.9 Å². The fraction of sp³-hybridized carbons (Fsp3) is 0.200. The lowest BCUT2D eigenvalue weighted by molar-refractivity contribution is -0.127. The average molecular weight is 303 g/mol. The van der Waals surface area contributed by atoms with Crippen molar-refractivity contribution >= 4 is 50.2 Å². The van der Waals surface area contributed by atoms with Crippen LogP contribution in [0.15, 0.2) is 18.2 Å². The average Bonchev–Trinajstić information content (AvgIpc) is 2.34. The Morgan fingerprint density at radius 2 is 2.12 bits per heavy atom. The van der Waals surface area contributed by atoms with Crippen LogP contribution in [0.25, 0.3) is 0 Å². The fourth-order valence-corrected chi connectivity index (χ4v) is 5.55. The molecule has 0 spiro atoms. The SMILES string of the molecule is CN1C(=O)Cc2cccc(P(P)PP)c2C1=O. The molecule has 1 aliphatic rings. The largest absolute Gasteiger partial charge is 0.281 e. The second-order valence-corrected chi connectivity index (χ2v) is 12.9. The van der Waals surface area contributed by atoms with E-state index in [1.165, 1.54) is 4.90 Å². The maximum absolute atomic E-state index is 12.2. The Bertz CT molecular complexity index is 491. The van der Waals surface area contributed by atoms with Gasteiger partial charge in [0.05, 0.1) is 12.0 Å². The van der Waals surface area contributed by atoms with E-state index >= 15 is 0 Å². The van der Waals surface area contributed by atoms with Crippen molar-refractivity contribution in [3.8, 4) is 0 Å². The third-order valence-electron chi connectivity index (χ3n) is 2.76. The number of likely N-dealkylation sites (N-methyl/N-ethyl adjacent to an activating group) is 1. The van der Waals surface area contributed by atoms with E-state index in [1.54, 1.807) is 7.05 Å². The fourth-order valence-electron chi connectivity index (χ4n) is 1.81. The van der Waals surface area contributed by atoms with Gasteiger partial charge < -0.3 is 0 Å². The van der Waals surface area contributed by atoms with Gasteiger partial charge >= 0.3 is 0 Å². The third-order valence-corrected chi connectivity index (χ3v) is 12.9. The number of hydrogen-bond donors (Lipinski definition) is 0. The molecule has 0 aromatic heterocycles.